The van der Waals surface area contributed by atoms with Gasteiger partial charge in [0, 0.05) is 6.42 Å². The van der Waals surface area contributed by atoms with Crippen LogP contribution in [0.3, 0.4) is 0 Å². The molecule has 3 aromatic rings. The maximum atomic E-state index is 5.04. The summed E-state index contributed by atoms with van der Waals surface area (Å²) in [6.07, 6.45) is 0.930. The number of rotatable bonds is 3. The Labute approximate surface area is 159 Å². The fourth-order valence-electron chi connectivity index (χ4n) is 3.39. The molecule has 26 heavy (non-hydrogen) atoms. The Hall–Kier alpha value is -2.39. The predicted octanol–water partition coefficient (Wildman–Crippen LogP) is 6.40. The number of anilines is 1. The van der Waals surface area contributed by atoms with Crippen LogP contribution in [0.25, 0.3) is 0 Å². The van der Waals surface area contributed by atoms with Crippen molar-refractivity contribution in [3.05, 3.63) is 88.1 Å². The van der Waals surface area contributed by atoms with Crippen LogP contribution in [-0.4, -0.2) is 5.71 Å². The van der Waals surface area contributed by atoms with E-state index in [1.165, 1.54) is 16.7 Å². The molecule has 0 amide bonds. The van der Waals surface area contributed by atoms with Gasteiger partial charge in [-0.1, -0.05) is 57.2 Å². The molecule has 0 saturated heterocycles. The van der Waals surface area contributed by atoms with Gasteiger partial charge >= 0.3 is 0 Å². The second-order valence-electron chi connectivity index (χ2n) is 7.83. The number of thiophene rings is 1. The molecule has 0 bridgehead atoms. The van der Waals surface area contributed by atoms with E-state index >= 15 is 0 Å². The first-order valence-corrected chi connectivity index (χ1v) is 10.0. The maximum Gasteiger partial charge on any atom is 0.0839 e. The van der Waals surface area contributed by atoms with Gasteiger partial charge in [-0.3, -0.25) is 5.01 Å². The Kier molecular flexibility index (Phi) is 4.41. The average Bonchev–Trinajstić information content (AvgIpc) is 3.31. The van der Waals surface area contributed by atoms with Crippen LogP contribution in [0.5, 0.6) is 0 Å². The number of hydrazone groups is 1. The molecule has 132 valence electrons. The largest absolute Gasteiger partial charge is 0.257 e. The summed E-state index contributed by atoms with van der Waals surface area (Å²) in [4.78, 5) is 0. The molecule has 2 heterocycles. The summed E-state index contributed by atoms with van der Waals surface area (Å²) in [6, 6.07) is 21.8. The van der Waals surface area contributed by atoms with Crippen molar-refractivity contribution in [3.63, 3.8) is 0 Å². The summed E-state index contributed by atoms with van der Waals surface area (Å²) in [7, 11) is 0. The van der Waals surface area contributed by atoms with E-state index in [2.05, 4.69) is 97.2 Å². The molecular formula is C23H24N2S. The normalized spacial score (nSPS) is 17.4. The summed E-state index contributed by atoms with van der Waals surface area (Å²) in [5, 5.41) is 11.6. The van der Waals surface area contributed by atoms with Gasteiger partial charge in [-0.2, -0.15) is 16.4 Å². The van der Waals surface area contributed by atoms with Crippen LogP contribution in [0.1, 0.15) is 49.9 Å². The molecule has 2 nitrogen and oxygen atoms in total. The Morgan fingerprint density at radius 2 is 1.81 bits per heavy atom. The third-order valence-corrected chi connectivity index (χ3v) is 5.62. The molecule has 0 aliphatic carbocycles. The maximum absolute atomic E-state index is 5.04. The molecule has 0 N–H and O–H groups in total. The van der Waals surface area contributed by atoms with E-state index in [1.807, 2.05) is 0 Å². The highest BCUT2D eigenvalue weighted by atomic mass is 32.1. The van der Waals surface area contributed by atoms with Gasteiger partial charge in [0.05, 0.1) is 17.4 Å². The van der Waals surface area contributed by atoms with Gasteiger partial charge in [0.25, 0.3) is 0 Å². The van der Waals surface area contributed by atoms with Crippen LogP contribution in [-0.2, 0) is 5.41 Å². The minimum atomic E-state index is 0.140. The van der Waals surface area contributed by atoms with Crippen molar-refractivity contribution in [2.24, 2.45) is 5.10 Å². The SMILES string of the molecule is CC(C)(C)c1cccc(C2=NN(c3ccccc3)C(c3ccsc3)C2)c1. The summed E-state index contributed by atoms with van der Waals surface area (Å²) in [5.41, 5.74) is 6.37. The molecule has 1 unspecified atom stereocenters. The number of nitrogens with zero attached hydrogens (tertiary/aromatic N) is 2. The van der Waals surface area contributed by atoms with E-state index in [9.17, 15) is 0 Å². The van der Waals surface area contributed by atoms with E-state index in [0.717, 1.165) is 17.8 Å². The summed E-state index contributed by atoms with van der Waals surface area (Å²) >= 11 is 1.75. The number of benzene rings is 2. The van der Waals surface area contributed by atoms with Crippen LogP contribution in [0, 0.1) is 0 Å². The molecule has 1 aliphatic heterocycles. The highest BCUT2D eigenvalue weighted by Crippen LogP contribution is 2.37. The highest BCUT2D eigenvalue weighted by Gasteiger charge is 2.30. The quantitative estimate of drug-likeness (QED) is 0.527. The van der Waals surface area contributed by atoms with Crippen molar-refractivity contribution in [1.29, 1.82) is 0 Å². The molecule has 2 aromatic carbocycles. The average molecular weight is 361 g/mol. The zero-order valence-electron chi connectivity index (χ0n) is 15.5. The fraction of sp³-hybridized carbons (Fsp3) is 0.261. The van der Waals surface area contributed by atoms with Gasteiger partial charge in [-0.25, -0.2) is 0 Å². The van der Waals surface area contributed by atoms with E-state index in [-0.39, 0.29) is 11.5 Å². The van der Waals surface area contributed by atoms with Gasteiger partial charge in [-0.15, -0.1) is 0 Å². The van der Waals surface area contributed by atoms with Crippen molar-refractivity contribution in [3.8, 4) is 0 Å². The lowest BCUT2D eigenvalue weighted by atomic mass is 9.85. The second kappa shape index (κ2) is 6.73. The van der Waals surface area contributed by atoms with Crippen LogP contribution >= 0.6 is 11.3 Å². The molecule has 1 atom stereocenters. The van der Waals surface area contributed by atoms with Crippen LogP contribution in [0.4, 0.5) is 5.69 Å². The lowest BCUT2D eigenvalue weighted by Gasteiger charge is -2.22. The zero-order valence-corrected chi connectivity index (χ0v) is 16.3. The summed E-state index contributed by atoms with van der Waals surface area (Å²) in [6.45, 7) is 6.77. The van der Waals surface area contributed by atoms with E-state index in [4.69, 9.17) is 5.10 Å². The van der Waals surface area contributed by atoms with E-state index in [1.54, 1.807) is 11.3 Å². The minimum absolute atomic E-state index is 0.140. The molecule has 3 heteroatoms. The number of hydrogen-bond acceptors (Lipinski definition) is 3. The summed E-state index contributed by atoms with van der Waals surface area (Å²) < 4.78 is 0. The first kappa shape index (κ1) is 17.0. The molecule has 0 spiro atoms. The lowest BCUT2D eigenvalue weighted by molar-refractivity contribution is 0.590. The Morgan fingerprint density at radius 3 is 2.50 bits per heavy atom. The smallest absolute Gasteiger partial charge is 0.0839 e. The third-order valence-electron chi connectivity index (χ3n) is 4.92. The van der Waals surface area contributed by atoms with Gasteiger partial charge in [0.1, 0.15) is 0 Å². The second-order valence-corrected chi connectivity index (χ2v) is 8.61. The fourth-order valence-corrected chi connectivity index (χ4v) is 4.10. The van der Waals surface area contributed by atoms with Crippen molar-refractivity contribution in [2.75, 3.05) is 5.01 Å². The zero-order chi connectivity index (χ0) is 18.1. The molecule has 1 aliphatic rings. The standard InChI is InChI=1S/C23H24N2S/c1-23(2,3)19-9-7-8-17(14-19)21-15-22(18-12-13-26-16-18)25(24-21)20-10-5-4-6-11-20/h4-14,16,22H,15H2,1-3H3. The third kappa shape index (κ3) is 3.32. The molecule has 0 radical (unpaired) electrons. The molecule has 0 saturated carbocycles. The Balaban J connectivity index is 1.74. The Bertz CT molecular complexity index is 905. The van der Waals surface area contributed by atoms with Gasteiger partial charge in [-0.05, 0) is 57.1 Å². The highest BCUT2D eigenvalue weighted by molar-refractivity contribution is 7.08. The van der Waals surface area contributed by atoms with E-state index in [0.29, 0.717) is 0 Å². The Morgan fingerprint density at radius 1 is 1.00 bits per heavy atom. The molecule has 4 rings (SSSR count). The minimum Gasteiger partial charge on any atom is -0.257 e. The van der Waals surface area contributed by atoms with Gasteiger partial charge in [0.2, 0.25) is 0 Å². The monoisotopic (exact) mass is 360 g/mol. The van der Waals surface area contributed by atoms with Gasteiger partial charge < -0.3 is 0 Å². The lowest BCUT2D eigenvalue weighted by Crippen LogP contribution is -2.17. The molecule has 0 fully saturated rings. The van der Waals surface area contributed by atoms with Gasteiger partial charge in [0.15, 0.2) is 0 Å². The van der Waals surface area contributed by atoms with Crippen LogP contribution in [0.2, 0.25) is 0 Å². The number of para-hydroxylation sites is 1. The molecular weight excluding hydrogens is 336 g/mol. The first-order chi connectivity index (χ1) is 12.5. The molecule has 1 aromatic heterocycles. The summed E-state index contributed by atoms with van der Waals surface area (Å²) in [5.74, 6) is 0. The predicted molar refractivity (Wildman–Crippen MR) is 112 cm³/mol. The van der Waals surface area contributed by atoms with Crippen LogP contribution in [0.15, 0.2) is 76.5 Å². The number of hydrogen-bond donors (Lipinski definition) is 0. The van der Waals surface area contributed by atoms with Crippen molar-refractivity contribution in [1.82, 2.24) is 0 Å². The van der Waals surface area contributed by atoms with Crippen molar-refractivity contribution < 1.29 is 0 Å². The van der Waals surface area contributed by atoms with Crippen molar-refractivity contribution in [2.45, 2.75) is 38.6 Å². The first-order valence-electron chi connectivity index (χ1n) is 9.07. The van der Waals surface area contributed by atoms with Crippen molar-refractivity contribution >= 4 is 22.7 Å². The van der Waals surface area contributed by atoms with E-state index < -0.39 is 0 Å². The topological polar surface area (TPSA) is 15.6 Å². The van der Waals surface area contributed by atoms with Crippen LogP contribution < -0.4 is 5.01 Å².